The largest absolute Gasteiger partial charge is 0.508 e. The summed E-state index contributed by atoms with van der Waals surface area (Å²) in [6, 6.07) is 19.7. The molecule has 0 aliphatic heterocycles. The van der Waals surface area contributed by atoms with Gasteiger partial charge in [-0.25, -0.2) is 9.59 Å². The first-order valence-corrected chi connectivity index (χ1v) is 10.6. The lowest BCUT2D eigenvalue weighted by Gasteiger charge is -2.17. The number of aromatic amines is 1. The highest BCUT2D eigenvalue weighted by Gasteiger charge is 2.30. The zero-order chi connectivity index (χ0) is 22.9. The molecule has 1 amide bonds. The molecule has 166 valence electrons. The number of phenols is 1. The Balaban J connectivity index is 1.29. The number of hydrogen-bond acceptors (Lipinski definition) is 4. The van der Waals surface area contributed by atoms with Crippen molar-refractivity contribution in [3.8, 4) is 16.9 Å². The Morgan fingerprint density at radius 3 is 2.33 bits per heavy atom. The number of carboxylic acid groups (broad SMARTS) is 1. The average Bonchev–Trinajstić information content (AvgIpc) is 3.35. The standard InChI is InChI=1S/C26H22N2O5/c29-16-9-10-23-21(12-16)15(13-27-23)11-24(25(30)31)28-26(32)33-14-22-19-7-3-1-5-17(19)18-6-2-4-8-20(18)22/h1-10,12-13,22,24,27,29H,11,14H2,(H,28,32)(H,30,31). The number of rotatable bonds is 6. The minimum absolute atomic E-state index is 0.0446. The molecule has 0 saturated carbocycles. The molecule has 0 spiro atoms. The van der Waals surface area contributed by atoms with E-state index in [1.54, 1.807) is 24.4 Å². The number of H-pyrrole nitrogens is 1. The topological polar surface area (TPSA) is 112 Å². The zero-order valence-electron chi connectivity index (χ0n) is 17.6. The quantitative estimate of drug-likeness (QED) is 0.353. The molecule has 0 radical (unpaired) electrons. The van der Waals surface area contributed by atoms with E-state index < -0.39 is 18.1 Å². The number of aliphatic carboxylic acids is 1. The van der Waals surface area contributed by atoms with Crippen LogP contribution in [-0.4, -0.2) is 39.9 Å². The van der Waals surface area contributed by atoms with Gasteiger partial charge in [0.05, 0.1) is 0 Å². The van der Waals surface area contributed by atoms with Gasteiger partial charge in [-0.3, -0.25) is 0 Å². The molecule has 5 rings (SSSR count). The number of phenolic OH excluding ortho intramolecular Hbond substituents is 1. The fraction of sp³-hybridized carbons (Fsp3) is 0.154. The van der Waals surface area contributed by atoms with Crippen LogP contribution in [0.2, 0.25) is 0 Å². The normalized spacial score (nSPS) is 13.3. The maximum atomic E-state index is 12.5. The van der Waals surface area contributed by atoms with Crippen molar-refractivity contribution in [3.63, 3.8) is 0 Å². The van der Waals surface area contributed by atoms with E-state index in [0.29, 0.717) is 10.9 Å². The molecule has 1 atom stereocenters. The summed E-state index contributed by atoms with van der Waals surface area (Å²) >= 11 is 0. The van der Waals surface area contributed by atoms with E-state index in [-0.39, 0.29) is 24.7 Å². The number of alkyl carbamates (subject to hydrolysis) is 1. The first kappa shape index (κ1) is 20.6. The third-order valence-electron chi connectivity index (χ3n) is 6.11. The molecule has 3 aromatic carbocycles. The van der Waals surface area contributed by atoms with E-state index in [4.69, 9.17) is 4.74 Å². The summed E-state index contributed by atoms with van der Waals surface area (Å²) in [7, 11) is 0. The Labute approximate surface area is 189 Å². The van der Waals surface area contributed by atoms with Crippen molar-refractivity contribution < 1.29 is 24.5 Å². The predicted octanol–water partition coefficient (Wildman–Crippen LogP) is 4.41. The summed E-state index contributed by atoms with van der Waals surface area (Å²) < 4.78 is 5.48. The molecule has 0 bridgehead atoms. The Bertz CT molecular complexity index is 1310. The molecular formula is C26H22N2O5. The highest BCUT2D eigenvalue weighted by Crippen LogP contribution is 2.44. The van der Waals surface area contributed by atoms with Crippen molar-refractivity contribution in [3.05, 3.63) is 89.6 Å². The molecule has 1 aromatic heterocycles. The summed E-state index contributed by atoms with van der Waals surface area (Å²) in [6.45, 7) is 0.104. The Hall–Kier alpha value is -4.26. The number of nitrogens with one attached hydrogen (secondary N) is 2. The van der Waals surface area contributed by atoms with Crippen LogP contribution in [0.3, 0.4) is 0 Å². The first-order chi connectivity index (χ1) is 16.0. The van der Waals surface area contributed by atoms with E-state index in [1.165, 1.54) is 0 Å². The number of carbonyl (C=O) groups is 2. The predicted molar refractivity (Wildman–Crippen MR) is 123 cm³/mol. The third-order valence-corrected chi connectivity index (χ3v) is 6.11. The number of ether oxygens (including phenoxy) is 1. The molecule has 1 unspecified atom stereocenters. The van der Waals surface area contributed by atoms with Gasteiger partial charge in [-0.1, -0.05) is 48.5 Å². The van der Waals surface area contributed by atoms with E-state index in [1.807, 2.05) is 48.5 Å². The van der Waals surface area contributed by atoms with Crippen LogP contribution >= 0.6 is 0 Å². The lowest BCUT2D eigenvalue weighted by molar-refractivity contribution is -0.139. The second-order valence-electron chi connectivity index (χ2n) is 8.11. The summed E-state index contributed by atoms with van der Waals surface area (Å²) in [5, 5.41) is 22.6. The fourth-order valence-corrected chi connectivity index (χ4v) is 4.54. The Morgan fingerprint density at radius 2 is 1.67 bits per heavy atom. The number of carboxylic acids is 1. The van der Waals surface area contributed by atoms with Gasteiger partial charge in [0.2, 0.25) is 0 Å². The van der Waals surface area contributed by atoms with Crippen LogP contribution < -0.4 is 5.32 Å². The van der Waals surface area contributed by atoms with Crippen molar-refractivity contribution >= 4 is 23.0 Å². The summed E-state index contributed by atoms with van der Waals surface area (Å²) in [4.78, 5) is 27.4. The van der Waals surface area contributed by atoms with Gasteiger partial charge in [0.15, 0.2) is 0 Å². The number of aromatic nitrogens is 1. The summed E-state index contributed by atoms with van der Waals surface area (Å²) in [5.41, 5.74) is 5.85. The molecule has 1 aliphatic rings. The van der Waals surface area contributed by atoms with Gasteiger partial charge in [-0.15, -0.1) is 0 Å². The van der Waals surface area contributed by atoms with Gasteiger partial charge in [-0.2, -0.15) is 0 Å². The van der Waals surface area contributed by atoms with Gasteiger partial charge in [0.25, 0.3) is 0 Å². The lowest BCUT2D eigenvalue weighted by atomic mass is 9.98. The van der Waals surface area contributed by atoms with Crippen LogP contribution in [0, 0.1) is 0 Å². The zero-order valence-corrected chi connectivity index (χ0v) is 17.6. The molecule has 0 fully saturated rings. The summed E-state index contributed by atoms with van der Waals surface area (Å²) in [6.07, 6.45) is 0.939. The molecule has 7 nitrogen and oxygen atoms in total. The molecule has 1 heterocycles. The van der Waals surface area contributed by atoms with Crippen molar-refractivity contribution in [2.45, 2.75) is 18.4 Å². The molecule has 0 saturated heterocycles. The first-order valence-electron chi connectivity index (χ1n) is 10.6. The van der Waals surface area contributed by atoms with Crippen LogP contribution in [0.25, 0.3) is 22.0 Å². The smallest absolute Gasteiger partial charge is 0.407 e. The Kier molecular flexibility index (Phi) is 5.22. The fourth-order valence-electron chi connectivity index (χ4n) is 4.54. The van der Waals surface area contributed by atoms with E-state index in [2.05, 4.69) is 10.3 Å². The highest BCUT2D eigenvalue weighted by molar-refractivity contribution is 5.86. The monoisotopic (exact) mass is 442 g/mol. The molecule has 33 heavy (non-hydrogen) atoms. The van der Waals surface area contributed by atoms with Gasteiger partial charge in [0.1, 0.15) is 18.4 Å². The van der Waals surface area contributed by atoms with Crippen LogP contribution in [0.15, 0.2) is 72.9 Å². The third kappa shape index (κ3) is 3.89. The van der Waals surface area contributed by atoms with Crippen molar-refractivity contribution in [2.24, 2.45) is 0 Å². The Morgan fingerprint density at radius 1 is 1.00 bits per heavy atom. The van der Waals surface area contributed by atoms with Crippen molar-refractivity contribution in [1.82, 2.24) is 10.3 Å². The van der Waals surface area contributed by atoms with Crippen molar-refractivity contribution in [2.75, 3.05) is 6.61 Å². The maximum absolute atomic E-state index is 12.5. The maximum Gasteiger partial charge on any atom is 0.407 e. The number of aromatic hydroxyl groups is 1. The molecule has 7 heteroatoms. The number of benzene rings is 3. The molecule has 1 aliphatic carbocycles. The number of hydrogen-bond donors (Lipinski definition) is 4. The van der Waals surface area contributed by atoms with Crippen LogP contribution in [0.1, 0.15) is 22.6 Å². The minimum Gasteiger partial charge on any atom is -0.508 e. The van der Waals surface area contributed by atoms with Crippen LogP contribution in [0.4, 0.5) is 4.79 Å². The van der Waals surface area contributed by atoms with E-state index >= 15 is 0 Å². The van der Waals surface area contributed by atoms with Gasteiger partial charge in [-0.05, 0) is 46.0 Å². The highest BCUT2D eigenvalue weighted by atomic mass is 16.5. The van der Waals surface area contributed by atoms with Crippen molar-refractivity contribution in [1.29, 1.82) is 0 Å². The molecule has 4 N–H and O–H groups in total. The van der Waals surface area contributed by atoms with Gasteiger partial charge in [0, 0.05) is 29.4 Å². The summed E-state index contributed by atoms with van der Waals surface area (Å²) in [5.74, 6) is -1.19. The molecular weight excluding hydrogens is 420 g/mol. The average molecular weight is 442 g/mol. The van der Waals surface area contributed by atoms with Gasteiger partial charge < -0.3 is 25.3 Å². The molecule has 4 aromatic rings. The van der Waals surface area contributed by atoms with E-state index in [9.17, 15) is 19.8 Å². The lowest BCUT2D eigenvalue weighted by Crippen LogP contribution is -2.42. The van der Waals surface area contributed by atoms with E-state index in [0.717, 1.165) is 27.8 Å². The SMILES string of the molecule is O=C(NC(Cc1c[nH]c2ccc(O)cc12)C(=O)O)OCC1c2ccccc2-c2ccccc21. The van der Waals surface area contributed by atoms with Crippen LogP contribution in [0.5, 0.6) is 5.75 Å². The number of amides is 1. The van der Waals surface area contributed by atoms with Gasteiger partial charge >= 0.3 is 12.1 Å². The second kappa shape index (κ2) is 8.35. The van der Waals surface area contributed by atoms with Crippen LogP contribution in [-0.2, 0) is 16.0 Å². The minimum atomic E-state index is -1.18. The number of fused-ring (bicyclic) bond motifs is 4. The second-order valence-corrected chi connectivity index (χ2v) is 8.11. The number of carbonyl (C=O) groups excluding carboxylic acids is 1.